The van der Waals surface area contributed by atoms with Gasteiger partial charge in [0.05, 0.1) is 13.5 Å². The summed E-state index contributed by atoms with van der Waals surface area (Å²) in [6, 6.07) is 8.99. The molecular weight excluding hydrogens is 378 g/mol. The van der Waals surface area contributed by atoms with E-state index in [4.69, 9.17) is 13.6 Å². The standard InChI is InChI=1S/C16H14BrN3O4/c1-9-7-10(3-4-11(9)22-2)8-14(21)18-16-20-19-15(24-16)12-5-6-13(17)23-12/h3-7H,8H2,1-2H3,(H,18,20,21). The number of ether oxygens (including phenoxy) is 1. The number of carbonyl (C=O) groups is 1. The highest BCUT2D eigenvalue weighted by Crippen LogP contribution is 2.25. The molecule has 3 rings (SSSR count). The number of methoxy groups -OCH3 is 1. The van der Waals surface area contributed by atoms with Gasteiger partial charge in [0.2, 0.25) is 5.91 Å². The summed E-state index contributed by atoms with van der Waals surface area (Å²) in [6.07, 6.45) is 0.189. The highest BCUT2D eigenvalue weighted by atomic mass is 79.9. The fourth-order valence-electron chi connectivity index (χ4n) is 2.20. The quantitative estimate of drug-likeness (QED) is 0.714. The van der Waals surface area contributed by atoms with Crippen LogP contribution in [0.2, 0.25) is 0 Å². The van der Waals surface area contributed by atoms with E-state index in [-0.39, 0.29) is 24.2 Å². The minimum absolute atomic E-state index is 0.0211. The van der Waals surface area contributed by atoms with Crippen molar-refractivity contribution in [3.63, 3.8) is 0 Å². The molecule has 1 aromatic carbocycles. The van der Waals surface area contributed by atoms with E-state index in [2.05, 4.69) is 31.4 Å². The van der Waals surface area contributed by atoms with E-state index in [0.29, 0.717) is 10.4 Å². The second kappa shape index (κ2) is 6.88. The molecule has 24 heavy (non-hydrogen) atoms. The molecule has 0 unspecified atom stereocenters. The van der Waals surface area contributed by atoms with Gasteiger partial charge < -0.3 is 13.6 Å². The minimum Gasteiger partial charge on any atom is -0.496 e. The van der Waals surface area contributed by atoms with Crippen molar-refractivity contribution in [2.75, 3.05) is 12.4 Å². The Morgan fingerprint density at radius 3 is 2.75 bits per heavy atom. The number of aromatic nitrogens is 2. The third kappa shape index (κ3) is 3.65. The summed E-state index contributed by atoms with van der Waals surface area (Å²) in [6.45, 7) is 1.92. The molecule has 0 aliphatic carbocycles. The van der Waals surface area contributed by atoms with Gasteiger partial charge in [-0.1, -0.05) is 17.2 Å². The van der Waals surface area contributed by atoms with Crippen LogP contribution in [0.5, 0.6) is 5.75 Å². The molecule has 3 aromatic rings. The SMILES string of the molecule is COc1ccc(CC(=O)Nc2nnc(-c3ccc(Br)o3)o2)cc1C. The van der Waals surface area contributed by atoms with Crippen LogP contribution in [0.3, 0.4) is 0 Å². The largest absolute Gasteiger partial charge is 0.496 e. The van der Waals surface area contributed by atoms with Crippen LogP contribution in [0, 0.1) is 6.92 Å². The van der Waals surface area contributed by atoms with E-state index < -0.39 is 0 Å². The van der Waals surface area contributed by atoms with Gasteiger partial charge in [-0.25, -0.2) is 0 Å². The van der Waals surface area contributed by atoms with Crippen LogP contribution in [0.1, 0.15) is 11.1 Å². The minimum atomic E-state index is -0.254. The highest BCUT2D eigenvalue weighted by Gasteiger charge is 2.14. The molecule has 0 aliphatic heterocycles. The Labute approximate surface area is 146 Å². The van der Waals surface area contributed by atoms with E-state index in [1.54, 1.807) is 19.2 Å². The number of aryl methyl sites for hydroxylation is 1. The highest BCUT2D eigenvalue weighted by molar-refractivity contribution is 9.10. The Morgan fingerprint density at radius 2 is 2.08 bits per heavy atom. The number of nitrogens with zero attached hydrogens (tertiary/aromatic N) is 2. The third-order valence-electron chi connectivity index (χ3n) is 3.28. The number of benzene rings is 1. The van der Waals surface area contributed by atoms with Gasteiger partial charge in [-0.05, 0) is 52.2 Å². The van der Waals surface area contributed by atoms with Crippen LogP contribution in [0.4, 0.5) is 6.01 Å². The van der Waals surface area contributed by atoms with E-state index in [1.807, 2.05) is 25.1 Å². The van der Waals surface area contributed by atoms with Gasteiger partial charge in [-0.2, -0.15) is 0 Å². The number of furan rings is 1. The third-order valence-corrected chi connectivity index (χ3v) is 3.71. The normalized spacial score (nSPS) is 10.6. The van der Waals surface area contributed by atoms with Crippen molar-refractivity contribution >= 4 is 27.9 Å². The topological polar surface area (TPSA) is 90.4 Å². The first-order chi connectivity index (χ1) is 11.5. The van der Waals surface area contributed by atoms with Gasteiger partial charge in [0.1, 0.15) is 5.75 Å². The lowest BCUT2D eigenvalue weighted by atomic mass is 10.1. The van der Waals surface area contributed by atoms with Crippen molar-refractivity contribution in [1.29, 1.82) is 0 Å². The summed E-state index contributed by atoms with van der Waals surface area (Å²) in [7, 11) is 1.61. The van der Waals surface area contributed by atoms with Gasteiger partial charge in [0.25, 0.3) is 5.89 Å². The summed E-state index contributed by atoms with van der Waals surface area (Å²) in [4.78, 5) is 12.1. The predicted octanol–water partition coefficient (Wildman–Crippen LogP) is 3.59. The van der Waals surface area contributed by atoms with Crippen LogP contribution < -0.4 is 10.1 Å². The van der Waals surface area contributed by atoms with Crippen molar-refractivity contribution in [1.82, 2.24) is 10.2 Å². The molecule has 0 bridgehead atoms. The summed E-state index contributed by atoms with van der Waals surface area (Å²) >= 11 is 3.19. The Kier molecular flexibility index (Phi) is 4.66. The van der Waals surface area contributed by atoms with Crippen molar-refractivity contribution in [2.45, 2.75) is 13.3 Å². The van der Waals surface area contributed by atoms with Crippen LogP contribution in [-0.2, 0) is 11.2 Å². The van der Waals surface area contributed by atoms with E-state index in [1.165, 1.54) is 0 Å². The maximum absolute atomic E-state index is 12.1. The zero-order valence-electron chi connectivity index (χ0n) is 13.0. The molecule has 0 saturated heterocycles. The van der Waals surface area contributed by atoms with Crippen molar-refractivity contribution in [3.05, 3.63) is 46.1 Å². The Balaban J connectivity index is 1.65. The second-order valence-electron chi connectivity index (χ2n) is 5.05. The first kappa shape index (κ1) is 16.3. The number of hydrogen-bond donors (Lipinski definition) is 1. The number of nitrogens with one attached hydrogen (secondary N) is 1. The first-order valence-corrected chi connectivity index (χ1v) is 7.87. The zero-order chi connectivity index (χ0) is 17.1. The molecule has 1 amide bonds. The number of rotatable bonds is 5. The molecule has 0 atom stereocenters. The summed E-state index contributed by atoms with van der Waals surface area (Å²) < 4.78 is 16.4. The molecule has 0 spiro atoms. The van der Waals surface area contributed by atoms with Crippen LogP contribution >= 0.6 is 15.9 Å². The fourth-order valence-corrected chi connectivity index (χ4v) is 2.51. The monoisotopic (exact) mass is 391 g/mol. The van der Waals surface area contributed by atoms with Crippen LogP contribution in [-0.4, -0.2) is 23.2 Å². The molecule has 8 heteroatoms. The molecule has 2 heterocycles. The molecule has 1 N–H and O–H groups in total. The Hall–Kier alpha value is -2.61. The second-order valence-corrected chi connectivity index (χ2v) is 5.83. The lowest BCUT2D eigenvalue weighted by Crippen LogP contribution is -2.14. The van der Waals surface area contributed by atoms with Gasteiger partial charge in [-0.15, -0.1) is 5.10 Å². The molecule has 2 aromatic heterocycles. The molecule has 0 fully saturated rings. The maximum atomic E-state index is 12.1. The number of anilines is 1. The lowest BCUT2D eigenvalue weighted by Gasteiger charge is -2.06. The molecule has 7 nitrogen and oxygen atoms in total. The van der Waals surface area contributed by atoms with Gasteiger partial charge >= 0.3 is 6.01 Å². The van der Waals surface area contributed by atoms with E-state index in [9.17, 15) is 4.79 Å². The molecule has 0 saturated carbocycles. The summed E-state index contributed by atoms with van der Waals surface area (Å²) in [5, 5.41) is 10.2. The van der Waals surface area contributed by atoms with Crippen molar-refractivity contribution in [2.24, 2.45) is 0 Å². The number of hydrogen-bond acceptors (Lipinski definition) is 6. The average molecular weight is 392 g/mol. The molecular formula is C16H14BrN3O4. The number of amides is 1. The van der Waals surface area contributed by atoms with Crippen molar-refractivity contribution < 1.29 is 18.4 Å². The smallest absolute Gasteiger partial charge is 0.322 e. The summed E-state index contributed by atoms with van der Waals surface area (Å²) in [5.74, 6) is 1.14. The zero-order valence-corrected chi connectivity index (χ0v) is 14.6. The molecule has 124 valence electrons. The lowest BCUT2D eigenvalue weighted by molar-refractivity contribution is -0.115. The van der Waals surface area contributed by atoms with Gasteiger partial charge in [0.15, 0.2) is 10.4 Å². The number of carbonyl (C=O) groups excluding carboxylic acids is 1. The van der Waals surface area contributed by atoms with E-state index >= 15 is 0 Å². The van der Waals surface area contributed by atoms with Gasteiger partial charge in [-0.3, -0.25) is 10.1 Å². The Morgan fingerprint density at radius 1 is 1.25 bits per heavy atom. The van der Waals surface area contributed by atoms with Gasteiger partial charge in [0, 0.05) is 0 Å². The molecule has 0 radical (unpaired) electrons. The molecule has 0 aliphatic rings. The maximum Gasteiger partial charge on any atom is 0.322 e. The Bertz CT molecular complexity index is 872. The average Bonchev–Trinajstić information content (AvgIpc) is 3.16. The summed E-state index contributed by atoms with van der Waals surface area (Å²) in [5.41, 5.74) is 1.83. The van der Waals surface area contributed by atoms with Crippen LogP contribution in [0.25, 0.3) is 11.7 Å². The van der Waals surface area contributed by atoms with Crippen molar-refractivity contribution in [3.8, 4) is 17.4 Å². The van der Waals surface area contributed by atoms with Crippen LogP contribution in [0.15, 0.2) is 43.8 Å². The fraction of sp³-hybridized carbons (Fsp3) is 0.188. The first-order valence-electron chi connectivity index (χ1n) is 7.08. The predicted molar refractivity (Wildman–Crippen MR) is 89.8 cm³/mol. The number of halogens is 1. The van der Waals surface area contributed by atoms with E-state index in [0.717, 1.165) is 16.9 Å².